The Morgan fingerprint density at radius 2 is 2.00 bits per heavy atom. The molecule has 1 aliphatic heterocycles. The Labute approximate surface area is 160 Å². The van der Waals surface area contributed by atoms with Gasteiger partial charge in [0.15, 0.2) is 0 Å². The van der Waals surface area contributed by atoms with Crippen molar-refractivity contribution in [2.45, 2.75) is 32.4 Å². The van der Waals surface area contributed by atoms with Crippen LogP contribution < -0.4 is 10.2 Å². The molecular weight excluding hydrogens is 340 g/mol. The standard InChI is InChI=1S/C21H26N4O2/c1-3-17-15-24(20-18(21(27)22-2)10-7-12-23-20)13-11-19(26)25(17)14-16-8-5-4-6-9-16/h4-10,12,17H,3,11,13-15H2,1-2H3,(H,22,27). The Kier molecular flexibility index (Phi) is 6.06. The summed E-state index contributed by atoms with van der Waals surface area (Å²) in [5.41, 5.74) is 1.67. The van der Waals surface area contributed by atoms with E-state index in [-0.39, 0.29) is 17.9 Å². The van der Waals surface area contributed by atoms with E-state index >= 15 is 0 Å². The molecule has 0 spiro atoms. The quantitative estimate of drug-likeness (QED) is 0.883. The first-order chi connectivity index (χ1) is 13.1. The molecule has 1 unspecified atom stereocenters. The fourth-order valence-corrected chi connectivity index (χ4v) is 3.52. The first-order valence-corrected chi connectivity index (χ1v) is 9.39. The molecule has 0 radical (unpaired) electrons. The third-order valence-corrected chi connectivity index (χ3v) is 5.01. The second kappa shape index (κ2) is 8.66. The fraction of sp³-hybridized carbons (Fsp3) is 0.381. The number of hydrogen-bond donors (Lipinski definition) is 1. The third kappa shape index (κ3) is 4.27. The summed E-state index contributed by atoms with van der Waals surface area (Å²) in [7, 11) is 1.61. The van der Waals surface area contributed by atoms with Crippen LogP contribution in [0.1, 0.15) is 35.7 Å². The fourth-order valence-electron chi connectivity index (χ4n) is 3.52. The lowest BCUT2D eigenvalue weighted by Gasteiger charge is -2.32. The molecule has 2 amide bonds. The van der Waals surface area contributed by atoms with Crippen LogP contribution in [0.2, 0.25) is 0 Å². The number of carbonyl (C=O) groups is 2. The summed E-state index contributed by atoms with van der Waals surface area (Å²) in [4.78, 5) is 33.6. The molecule has 1 fully saturated rings. The molecule has 1 atom stereocenters. The molecule has 2 heterocycles. The van der Waals surface area contributed by atoms with Crippen LogP contribution >= 0.6 is 0 Å². The first-order valence-electron chi connectivity index (χ1n) is 9.39. The van der Waals surface area contributed by atoms with E-state index in [4.69, 9.17) is 0 Å². The molecule has 1 N–H and O–H groups in total. The average Bonchev–Trinajstić information content (AvgIpc) is 2.87. The molecule has 2 aromatic rings. The molecular formula is C21H26N4O2. The van der Waals surface area contributed by atoms with Crippen LogP contribution in [0.25, 0.3) is 0 Å². The number of pyridine rings is 1. The van der Waals surface area contributed by atoms with Gasteiger partial charge in [0.1, 0.15) is 5.82 Å². The largest absolute Gasteiger partial charge is 0.355 e. The third-order valence-electron chi connectivity index (χ3n) is 5.01. The lowest BCUT2D eigenvalue weighted by Crippen LogP contribution is -2.43. The van der Waals surface area contributed by atoms with Crippen LogP contribution in [0.3, 0.4) is 0 Å². The summed E-state index contributed by atoms with van der Waals surface area (Å²) in [6.07, 6.45) is 2.95. The minimum atomic E-state index is -0.164. The van der Waals surface area contributed by atoms with Gasteiger partial charge in [-0.2, -0.15) is 0 Å². The molecule has 0 bridgehead atoms. The molecule has 27 heavy (non-hydrogen) atoms. The second-order valence-corrected chi connectivity index (χ2v) is 6.72. The highest BCUT2D eigenvalue weighted by molar-refractivity contribution is 5.98. The maximum atomic E-state index is 12.8. The number of hydrogen-bond acceptors (Lipinski definition) is 4. The van der Waals surface area contributed by atoms with Crippen molar-refractivity contribution in [1.29, 1.82) is 0 Å². The molecule has 0 aliphatic carbocycles. The number of amides is 2. The Morgan fingerprint density at radius 1 is 1.22 bits per heavy atom. The van der Waals surface area contributed by atoms with E-state index in [1.165, 1.54) is 0 Å². The van der Waals surface area contributed by atoms with E-state index in [0.29, 0.717) is 37.4 Å². The molecule has 0 saturated carbocycles. The van der Waals surface area contributed by atoms with Crippen LogP contribution in [-0.4, -0.2) is 47.9 Å². The van der Waals surface area contributed by atoms with E-state index in [2.05, 4.69) is 22.1 Å². The van der Waals surface area contributed by atoms with Gasteiger partial charge in [-0.25, -0.2) is 4.98 Å². The zero-order valence-corrected chi connectivity index (χ0v) is 15.9. The number of carbonyl (C=O) groups excluding carboxylic acids is 2. The van der Waals surface area contributed by atoms with Gasteiger partial charge in [0, 0.05) is 45.3 Å². The van der Waals surface area contributed by atoms with Crippen LogP contribution in [0, 0.1) is 0 Å². The molecule has 1 aromatic carbocycles. The Hall–Kier alpha value is -2.89. The summed E-state index contributed by atoms with van der Waals surface area (Å²) in [5.74, 6) is 0.623. The van der Waals surface area contributed by atoms with Gasteiger partial charge in [-0.05, 0) is 24.1 Å². The molecule has 3 rings (SSSR count). The van der Waals surface area contributed by atoms with Gasteiger partial charge in [-0.3, -0.25) is 9.59 Å². The predicted octanol–water partition coefficient (Wildman–Crippen LogP) is 2.46. The summed E-state index contributed by atoms with van der Waals surface area (Å²) < 4.78 is 0. The second-order valence-electron chi connectivity index (χ2n) is 6.72. The highest BCUT2D eigenvalue weighted by Gasteiger charge is 2.30. The number of benzene rings is 1. The monoisotopic (exact) mass is 366 g/mol. The Morgan fingerprint density at radius 3 is 2.70 bits per heavy atom. The van der Waals surface area contributed by atoms with Crippen molar-refractivity contribution in [1.82, 2.24) is 15.2 Å². The molecule has 1 aliphatic rings. The molecule has 142 valence electrons. The summed E-state index contributed by atoms with van der Waals surface area (Å²) in [5, 5.41) is 2.67. The number of nitrogens with one attached hydrogen (secondary N) is 1. The minimum Gasteiger partial charge on any atom is -0.355 e. The smallest absolute Gasteiger partial charge is 0.254 e. The summed E-state index contributed by atoms with van der Waals surface area (Å²) in [6, 6.07) is 13.7. The zero-order chi connectivity index (χ0) is 19.2. The summed E-state index contributed by atoms with van der Waals surface area (Å²) in [6.45, 7) is 3.92. The maximum absolute atomic E-state index is 12.8. The molecule has 6 nitrogen and oxygen atoms in total. The van der Waals surface area contributed by atoms with Gasteiger partial charge >= 0.3 is 0 Å². The normalized spacial score (nSPS) is 17.6. The number of nitrogens with zero attached hydrogens (tertiary/aromatic N) is 3. The minimum absolute atomic E-state index is 0.0692. The zero-order valence-electron chi connectivity index (χ0n) is 15.9. The van der Waals surface area contributed by atoms with E-state index in [1.54, 1.807) is 25.4 Å². The van der Waals surface area contributed by atoms with E-state index in [1.807, 2.05) is 35.2 Å². The van der Waals surface area contributed by atoms with Crippen molar-refractivity contribution in [3.8, 4) is 0 Å². The van der Waals surface area contributed by atoms with Crippen molar-refractivity contribution in [3.05, 3.63) is 59.8 Å². The van der Waals surface area contributed by atoms with E-state index < -0.39 is 0 Å². The van der Waals surface area contributed by atoms with Crippen LogP contribution in [0.4, 0.5) is 5.82 Å². The first kappa shape index (κ1) is 18.9. The van der Waals surface area contributed by atoms with Crippen LogP contribution in [0.15, 0.2) is 48.7 Å². The Balaban J connectivity index is 1.86. The van der Waals surface area contributed by atoms with Gasteiger partial charge in [0.25, 0.3) is 5.91 Å². The van der Waals surface area contributed by atoms with Gasteiger partial charge in [-0.15, -0.1) is 0 Å². The van der Waals surface area contributed by atoms with Crippen molar-refractivity contribution in [2.24, 2.45) is 0 Å². The maximum Gasteiger partial charge on any atom is 0.254 e. The number of rotatable bonds is 5. The van der Waals surface area contributed by atoms with Crippen LogP contribution in [-0.2, 0) is 11.3 Å². The lowest BCUT2D eigenvalue weighted by molar-refractivity contribution is -0.133. The van der Waals surface area contributed by atoms with Gasteiger partial charge in [0.2, 0.25) is 5.91 Å². The molecule has 1 saturated heterocycles. The highest BCUT2D eigenvalue weighted by atomic mass is 16.2. The van der Waals surface area contributed by atoms with Crippen molar-refractivity contribution in [3.63, 3.8) is 0 Å². The number of anilines is 1. The average molecular weight is 366 g/mol. The van der Waals surface area contributed by atoms with Gasteiger partial charge < -0.3 is 15.1 Å². The van der Waals surface area contributed by atoms with E-state index in [0.717, 1.165) is 12.0 Å². The lowest BCUT2D eigenvalue weighted by atomic mass is 10.1. The topological polar surface area (TPSA) is 65.5 Å². The van der Waals surface area contributed by atoms with Crippen LogP contribution in [0.5, 0.6) is 0 Å². The summed E-state index contributed by atoms with van der Waals surface area (Å²) >= 11 is 0. The number of aromatic nitrogens is 1. The van der Waals surface area contributed by atoms with Crippen molar-refractivity contribution in [2.75, 3.05) is 25.0 Å². The Bertz CT molecular complexity index is 794. The highest BCUT2D eigenvalue weighted by Crippen LogP contribution is 2.24. The van der Waals surface area contributed by atoms with Crippen molar-refractivity contribution >= 4 is 17.6 Å². The van der Waals surface area contributed by atoms with Gasteiger partial charge in [-0.1, -0.05) is 37.3 Å². The predicted molar refractivity (Wildman–Crippen MR) is 106 cm³/mol. The molecule has 6 heteroatoms. The van der Waals surface area contributed by atoms with E-state index in [9.17, 15) is 9.59 Å². The van der Waals surface area contributed by atoms with Crippen molar-refractivity contribution < 1.29 is 9.59 Å². The SMILES string of the molecule is CCC1CN(c2ncccc2C(=O)NC)CCC(=O)N1Cc1ccccc1. The van der Waals surface area contributed by atoms with Gasteiger partial charge in [0.05, 0.1) is 5.56 Å². The molecule has 1 aromatic heterocycles.